The average Bonchev–Trinajstić information content (AvgIpc) is 2.52. The second-order valence-electron chi connectivity index (χ2n) is 5.92. The third-order valence-electron chi connectivity index (χ3n) is 3.90. The van der Waals surface area contributed by atoms with Crippen LogP contribution in [0.15, 0.2) is 36.4 Å². The zero-order valence-electron chi connectivity index (χ0n) is 13.2. The minimum atomic E-state index is 0.116. The Morgan fingerprint density at radius 2 is 1.81 bits per heavy atom. The Morgan fingerprint density at radius 3 is 2.43 bits per heavy atom. The highest BCUT2D eigenvalue weighted by atomic mass is 16.2. The maximum Gasteiger partial charge on any atom is 0.225 e. The lowest BCUT2D eigenvalue weighted by atomic mass is 10.1. The second-order valence-corrected chi connectivity index (χ2v) is 5.92. The Morgan fingerprint density at radius 1 is 1.14 bits per heavy atom. The number of hydrogen-bond donors (Lipinski definition) is 0. The van der Waals surface area contributed by atoms with Gasteiger partial charge in [-0.15, -0.1) is 0 Å². The SMILES string of the molecule is CC(C)C(=O)N1CCN(CC/C=C/c2ccccc2)CC1. The average molecular weight is 286 g/mol. The van der Waals surface area contributed by atoms with Gasteiger partial charge in [0.15, 0.2) is 0 Å². The first-order valence-corrected chi connectivity index (χ1v) is 7.89. The van der Waals surface area contributed by atoms with E-state index >= 15 is 0 Å². The molecule has 1 aromatic rings. The highest BCUT2D eigenvalue weighted by molar-refractivity contribution is 5.78. The van der Waals surface area contributed by atoms with Gasteiger partial charge in [0.25, 0.3) is 0 Å². The summed E-state index contributed by atoms with van der Waals surface area (Å²) in [5.41, 5.74) is 1.25. The molecule has 21 heavy (non-hydrogen) atoms. The molecule has 1 amide bonds. The van der Waals surface area contributed by atoms with Crippen molar-refractivity contribution in [3.63, 3.8) is 0 Å². The van der Waals surface area contributed by atoms with E-state index < -0.39 is 0 Å². The third kappa shape index (κ3) is 5.01. The Hall–Kier alpha value is -1.61. The molecule has 3 nitrogen and oxygen atoms in total. The molecule has 0 radical (unpaired) electrons. The summed E-state index contributed by atoms with van der Waals surface area (Å²) in [5, 5.41) is 0. The fourth-order valence-electron chi connectivity index (χ4n) is 2.60. The van der Waals surface area contributed by atoms with Gasteiger partial charge >= 0.3 is 0 Å². The molecule has 0 bridgehead atoms. The van der Waals surface area contributed by atoms with E-state index in [1.807, 2.05) is 24.8 Å². The summed E-state index contributed by atoms with van der Waals surface area (Å²) in [7, 11) is 0. The Bertz CT molecular complexity index is 459. The van der Waals surface area contributed by atoms with Crippen molar-refractivity contribution in [2.24, 2.45) is 5.92 Å². The van der Waals surface area contributed by atoms with Crippen molar-refractivity contribution in [2.45, 2.75) is 20.3 Å². The number of piperazine rings is 1. The van der Waals surface area contributed by atoms with Crippen LogP contribution in [0.2, 0.25) is 0 Å². The minimum Gasteiger partial charge on any atom is -0.340 e. The van der Waals surface area contributed by atoms with Crippen molar-refractivity contribution in [3.05, 3.63) is 42.0 Å². The van der Waals surface area contributed by atoms with Crippen LogP contribution < -0.4 is 0 Å². The zero-order valence-corrected chi connectivity index (χ0v) is 13.2. The van der Waals surface area contributed by atoms with Crippen molar-refractivity contribution in [1.82, 2.24) is 9.80 Å². The molecule has 2 rings (SSSR count). The molecule has 0 atom stereocenters. The van der Waals surface area contributed by atoms with Gasteiger partial charge in [0.05, 0.1) is 0 Å². The van der Waals surface area contributed by atoms with Gasteiger partial charge < -0.3 is 4.90 Å². The van der Waals surface area contributed by atoms with Crippen molar-refractivity contribution in [3.8, 4) is 0 Å². The molecule has 1 saturated heterocycles. The summed E-state index contributed by atoms with van der Waals surface area (Å²) in [6.45, 7) is 8.77. The largest absolute Gasteiger partial charge is 0.340 e. The number of hydrogen-bond acceptors (Lipinski definition) is 2. The van der Waals surface area contributed by atoms with E-state index in [2.05, 4.69) is 41.3 Å². The van der Waals surface area contributed by atoms with Crippen LogP contribution in [0.4, 0.5) is 0 Å². The maximum atomic E-state index is 11.9. The smallest absolute Gasteiger partial charge is 0.225 e. The highest BCUT2D eigenvalue weighted by Crippen LogP contribution is 2.08. The molecule has 1 heterocycles. The predicted molar refractivity (Wildman–Crippen MR) is 88.0 cm³/mol. The number of carbonyl (C=O) groups excluding carboxylic acids is 1. The summed E-state index contributed by atoms with van der Waals surface area (Å²) in [4.78, 5) is 16.4. The first kappa shape index (κ1) is 15.8. The van der Waals surface area contributed by atoms with Crippen LogP contribution in [0.3, 0.4) is 0 Å². The van der Waals surface area contributed by atoms with Gasteiger partial charge in [-0.25, -0.2) is 0 Å². The summed E-state index contributed by atoms with van der Waals surface area (Å²) in [5.74, 6) is 0.406. The van der Waals surface area contributed by atoms with Gasteiger partial charge in [0, 0.05) is 38.6 Å². The molecular weight excluding hydrogens is 260 g/mol. The number of amides is 1. The minimum absolute atomic E-state index is 0.116. The monoisotopic (exact) mass is 286 g/mol. The summed E-state index contributed by atoms with van der Waals surface area (Å²) in [6.07, 6.45) is 5.48. The number of benzene rings is 1. The molecule has 3 heteroatoms. The van der Waals surface area contributed by atoms with Crippen molar-refractivity contribution >= 4 is 12.0 Å². The van der Waals surface area contributed by atoms with Crippen LogP contribution in [-0.2, 0) is 4.79 Å². The van der Waals surface area contributed by atoms with Crippen LogP contribution >= 0.6 is 0 Å². The van der Waals surface area contributed by atoms with E-state index in [-0.39, 0.29) is 5.92 Å². The van der Waals surface area contributed by atoms with Crippen LogP contribution in [-0.4, -0.2) is 48.4 Å². The zero-order chi connectivity index (χ0) is 15.1. The predicted octanol–water partition coefficient (Wildman–Crippen LogP) is 2.89. The Kier molecular flexibility index (Phi) is 6.00. The van der Waals surface area contributed by atoms with E-state index in [1.165, 1.54) is 5.56 Å². The second kappa shape index (κ2) is 7.99. The molecule has 1 fully saturated rings. The van der Waals surface area contributed by atoms with Gasteiger partial charge in [0.1, 0.15) is 0 Å². The lowest BCUT2D eigenvalue weighted by molar-refractivity contribution is -0.136. The van der Waals surface area contributed by atoms with Crippen molar-refractivity contribution in [1.29, 1.82) is 0 Å². The van der Waals surface area contributed by atoms with Crippen LogP contribution in [0.1, 0.15) is 25.8 Å². The summed E-state index contributed by atoms with van der Waals surface area (Å²) in [6, 6.07) is 10.4. The van der Waals surface area contributed by atoms with Crippen molar-refractivity contribution in [2.75, 3.05) is 32.7 Å². The topological polar surface area (TPSA) is 23.6 Å². The van der Waals surface area contributed by atoms with E-state index in [9.17, 15) is 4.79 Å². The van der Waals surface area contributed by atoms with E-state index in [1.54, 1.807) is 0 Å². The molecule has 1 aliphatic heterocycles. The van der Waals surface area contributed by atoms with Crippen LogP contribution in [0, 0.1) is 5.92 Å². The normalized spacial score (nSPS) is 16.8. The molecule has 114 valence electrons. The van der Waals surface area contributed by atoms with E-state index in [0.29, 0.717) is 5.91 Å². The molecule has 0 aliphatic carbocycles. The quantitative estimate of drug-likeness (QED) is 0.831. The van der Waals surface area contributed by atoms with E-state index in [4.69, 9.17) is 0 Å². The fourth-order valence-corrected chi connectivity index (χ4v) is 2.60. The molecule has 0 spiro atoms. The molecule has 1 aliphatic rings. The molecule has 0 N–H and O–H groups in total. The van der Waals surface area contributed by atoms with Crippen molar-refractivity contribution < 1.29 is 4.79 Å². The molecular formula is C18H26N2O. The molecule has 0 saturated carbocycles. The van der Waals surface area contributed by atoms with Gasteiger partial charge in [0.2, 0.25) is 5.91 Å². The van der Waals surface area contributed by atoms with Gasteiger partial charge in [-0.2, -0.15) is 0 Å². The molecule has 0 unspecified atom stereocenters. The summed E-state index contributed by atoms with van der Waals surface area (Å²) < 4.78 is 0. The third-order valence-corrected chi connectivity index (χ3v) is 3.90. The summed E-state index contributed by atoms with van der Waals surface area (Å²) >= 11 is 0. The number of carbonyl (C=O) groups is 1. The van der Waals surface area contributed by atoms with E-state index in [0.717, 1.165) is 39.1 Å². The van der Waals surface area contributed by atoms with Gasteiger partial charge in [-0.3, -0.25) is 9.69 Å². The van der Waals surface area contributed by atoms with Crippen LogP contribution in [0.5, 0.6) is 0 Å². The lowest BCUT2D eigenvalue weighted by Gasteiger charge is -2.35. The Labute approximate surface area is 128 Å². The highest BCUT2D eigenvalue weighted by Gasteiger charge is 2.22. The molecule has 0 aromatic heterocycles. The standard InChI is InChI=1S/C18H26N2O/c1-16(2)18(21)20-14-12-19(13-15-20)11-7-6-10-17-8-4-3-5-9-17/h3-6,8-10,16H,7,11-15H2,1-2H3/b10-6+. The number of nitrogens with zero attached hydrogens (tertiary/aromatic N) is 2. The van der Waals surface area contributed by atoms with Gasteiger partial charge in [-0.1, -0.05) is 56.3 Å². The van der Waals surface area contributed by atoms with Crippen LogP contribution in [0.25, 0.3) is 6.08 Å². The first-order chi connectivity index (χ1) is 10.2. The maximum absolute atomic E-state index is 11.9. The van der Waals surface area contributed by atoms with Gasteiger partial charge in [-0.05, 0) is 12.0 Å². The molecule has 1 aromatic carbocycles. The first-order valence-electron chi connectivity index (χ1n) is 7.89. The number of rotatable bonds is 5. The Balaban J connectivity index is 1.67. The fraction of sp³-hybridized carbons (Fsp3) is 0.500. The lowest BCUT2D eigenvalue weighted by Crippen LogP contribution is -2.49.